The van der Waals surface area contributed by atoms with Crippen LogP contribution in [0.2, 0.25) is 5.02 Å². The van der Waals surface area contributed by atoms with Crippen LogP contribution in [0.15, 0.2) is 36.4 Å². The summed E-state index contributed by atoms with van der Waals surface area (Å²) in [6.45, 7) is 5.50. The maximum absolute atomic E-state index is 12.0. The van der Waals surface area contributed by atoms with Gasteiger partial charge in [0.05, 0.1) is 16.5 Å². The number of benzene rings is 2. The molecule has 6 heteroatoms. The molecule has 0 radical (unpaired) electrons. The first-order chi connectivity index (χ1) is 12.3. The fourth-order valence-electron chi connectivity index (χ4n) is 2.37. The van der Waals surface area contributed by atoms with Crippen LogP contribution >= 0.6 is 23.4 Å². The largest absolute Gasteiger partial charge is 0.455 e. The van der Waals surface area contributed by atoms with Crippen LogP contribution in [-0.4, -0.2) is 24.2 Å². The molecule has 0 aromatic heterocycles. The maximum Gasteiger partial charge on any atom is 0.316 e. The van der Waals surface area contributed by atoms with Gasteiger partial charge in [0, 0.05) is 5.75 Å². The Morgan fingerprint density at radius 1 is 1.08 bits per heavy atom. The fraction of sp³-hybridized carbons (Fsp3) is 0.300. The van der Waals surface area contributed by atoms with Gasteiger partial charge < -0.3 is 10.1 Å². The van der Waals surface area contributed by atoms with E-state index in [9.17, 15) is 9.59 Å². The number of amides is 1. The molecular weight excluding hydrogens is 370 g/mol. The molecule has 4 nitrogen and oxygen atoms in total. The minimum atomic E-state index is -0.413. The summed E-state index contributed by atoms with van der Waals surface area (Å²) in [7, 11) is 0. The zero-order chi connectivity index (χ0) is 19.1. The number of hydrogen-bond donors (Lipinski definition) is 1. The zero-order valence-corrected chi connectivity index (χ0v) is 16.7. The number of carbonyl (C=O) groups is 2. The van der Waals surface area contributed by atoms with Crippen LogP contribution in [0, 0.1) is 20.8 Å². The first kappa shape index (κ1) is 20.3. The van der Waals surface area contributed by atoms with Gasteiger partial charge in [-0.2, -0.15) is 0 Å². The number of ether oxygens (including phenoxy) is 1. The molecule has 0 unspecified atom stereocenters. The number of rotatable bonds is 7. The lowest BCUT2D eigenvalue weighted by atomic mass is 10.1. The van der Waals surface area contributed by atoms with Crippen molar-refractivity contribution in [3.05, 3.63) is 63.7 Å². The van der Waals surface area contributed by atoms with Crippen molar-refractivity contribution in [1.82, 2.24) is 0 Å². The Hall–Kier alpha value is -1.98. The zero-order valence-electron chi connectivity index (χ0n) is 15.1. The van der Waals surface area contributed by atoms with E-state index < -0.39 is 11.9 Å². The summed E-state index contributed by atoms with van der Waals surface area (Å²) in [5.41, 5.74) is 4.78. The van der Waals surface area contributed by atoms with E-state index in [0.29, 0.717) is 10.7 Å². The minimum absolute atomic E-state index is 0.200. The van der Waals surface area contributed by atoms with Gasteiger partial charge in [-0.15, -0.1) is 11.8 Å². The van der Waals surface area contributed by atoms with Crippen LogP contribution < -0.4 is 5.32 Å². The van der Waals surface area contributed by atoms with Crippen LogP contribution in [0.5, 0.6) is 0 Å². The Morgan fingerprint density at radius 2 is 1.77 bits per heavy atom. The minimum Gasteiger partial charge on any atom is -0.455 e. The molecule has 138 valence electrons. The monoisotopic (exact) mass is 391 g/mol. The summed E-state index contributed by atoms with van der Waals surface area (Å²) in [6.07, 6.45) is 0. The molecule has 0 heterocycles. The number of hydrogen-bond acceptors (Lipinski definition) is 4. The molecule has 0 fully saturated rings. The van der Waals surface area contributed by atoms with Crippen molar-refractivity contribution in [2.45, 2.75) is 26.5 Å². The van der Waals surface area contributed by atoms with Gasteiger partial charge in [0.15, 0.2) is 6.61 Å². The van der Waals surface area contributed by atoms with Gasteiger partial charge >= 0.3 is 5.97 Å². The van der Waals surface area contributed by atoms with Gasteiger partial charge in [-0.05, 0) is 43.5 Å². The van der Waals surface area contributed by atoms with Crippen molar-refractivity contribution >= 4 is 40.9 Å². The van der Waals surface area contributed by atoms with Gasteiger partial charge in [-0.25, -0.2) is 0 Å². The standard InChI is InChI=1S/C20H22ClNO3S/c1-13-4-6-16(7-5-13)11-26-12-19(24)25-10-18(23)22-20-15(3)8-14(2)9-17(20)21/h4-9H,10-12H2,1-3H3,(H,22,23). The van der Waals surface area contributed by atoms with Gasteiger partial charge in [0.1, 0.15) is 0 Å². The highest BCUT2D eigenvalue weighted by Crippen LogP contribution is 2.27. The molecule has 0 saturated carbocycles. The Morgan fingerprint density at radius 3 is 2.42 bits per heavy atom. The Bertz CT molecular complexity index is 767. The lowest BCUT2D eigenvalue weighted by Crippen LogP contribution is -2.22. The topological polar surface area (TPSA) is 55.4 Å². The van der Waals surface area contributed by atoms with Gasteiger partial charge in [0.2, 0.25) is 0 Å². The average molecular weight is 392 g/mol. The van der Waals surface area contributed by atoms with Crippen molar-refractivity contribution in [1.29, 1.82) is 0 Å². The van der Waals surface area contributed by atoms with Crippen LogP contribution in [0.4, 0.5) is 5.69 Å². The summed E-state index contributed by atoms with van der Waals surface area (Å²) in [5.74, 6) is 0.102. The van der Waals surface area contributed by atoms with E-state index in [1.807, 2.05) is 51.1 Å². The predicted molar refractivity (Wildman–Crippen MR) is 108 cm³/mol. The second kappa shape index (κ2) is 9.64. The first-order valence-electron chi connectivity index (χ1n) is 8.20. The summed E-state index contributed by atoms with van der Waals surface area (Å²) in [5, 5.41) is 3.16. The van der Waals surface area contributed by atoms with Crippen molar-refractivity contribution in [3.63, 3.8) is 0 Å². The third-order valence-corrected chi connectivity index (χ3v) is 4.95. The highest BCUT2D eigenvalue weighted by atomic mass is 35.5. The Kier molecular flexibility index (Phi) is 7.54. The Balaban J connectivity index is 1.73. The molecular formula is C20H22ClNO3S. The lowest BCUT2D eigenvalue weighted by Gasteiger charge is -2.11. The maximum atomic E-state index is 12.0. The highest BCUT2D eigenvalue weighted by molar-refractivity contribution is 7.99. The predicted octanol–water partition coefficient (Wildman–Crippen LogP) is 4.68. The summed E-state index contributed by atoms with van der Waals surface area (Å²) in [6, 6.07) is 11.9. The van der Waals surface area contributed by atoms with E-state index >= 15 is 0 Å². The van der Waals surface area contributed by atoms with Crippen molar-refractivity contribution < 1.29 is 14.3 Å². The second-order valence-electron chi connectivity index (χ2n) is 6.13. The fourth-order valence-corrected chi connectivity index (χ4v) is 3.52. The summed E-state index contributed by atoms with van der Waals surface area (Å²) in [4.78, 5) is 23.8. The molecule has 26 heavy (non-hydrogen) atoms. The molecule has 0 bridgehead atoms. The molecule has 2 rings (SSSR count). The van der Waals surface area contributed by atoms with Crippen LogP contribution in [-0.2, 0) is 20.1 Å². The molecule has 0 aliphatic heterocycles. The quantitative estimate of drug-likeness (QED) is 0.696. The Labute approximate surface area is 163 Å². The number of carbonyl (C=O) groups excluding carboxylic acids is 2. The van der Waals surface area contributed by atoms with E-state index in [4.69, 9.17) is 16.3 Å². The molecule has 2 aromatic rings. The third-order valence-electron chi connectivity index (χ3n) is 3.67. The highest BCUT2D eigenvalue weighted by Gasteiger charge is 2.12. The molecule has 0 saturated heterocycles. The molecule has 0 aliphatic carbocycles. The van der Waals surface area contributed by atoms with Crippen LogP contribution in [0.1, 0.15) is 22.3 Å². The van der Waals surface area contributed by atoms with Crippen molar-refractivity contribution in [2.24, 2.45) is 0 Å². The van der Waals surface area contributed by atoms with E-state index in [-0.39, 0.29) is 12.4 Å². The van der Waals surface area contributed by atoms with E-state index in [2.05, 4.69) is 5.32 Å². The second-order valence-corrected chi connectivity index (χ2v) is 7.52. The third kappa shape index (κ3) is 6.39. The number of nitrogens with one attached hydrogen (secondary N) is 1. The van der Waals surface area contributed by atoms with Crippen LogP contribution in [0.25, 0.3) is 0 Å². The lowest BCUT2D eigenvalue weighted by molar-refractivity contribution is -0.144. The normalized spacial score (nSPS) is 10.5. The van der Waals surface area contributed by atoms with Crippen molar-refractivity contribution in [2.75, 3.05) is 17.7 Å². The van der Waals surface area contributed by atoms with E-state index in [1.54, 1.807) is 6.07 Å². The van der Waals surface area contributed by atoms with Gasteiger partial charge in [-0.3, -0.25) is 9.59 Å². The summed E-state index contributed by atoms with van der Waals surface area (Å²) >= 11 is 7.61. The number of halogens is 1. The number of anilines is 1. The molecule has 1 N–H and O–H groups in total. The molecule has 1 amide bonds. The molecule has 0 spiro atoms. The van der Waals surface area contributed by atoms with E-state index in [0.717, 1.165) is 22.4 Å². The summed E-state index contributed by atoms with van der Waals surface area (Å²) < 4.78 is 5.02. The first-order valence-corrected chi connectivity index (χ1v) is 9.74. The van der Waals surface area contributed by atoms with Gasteiger partial charge in [-0.1, -0.05) is 47.5 Å². The van der Waals surface area contributed by atoms with Crippen LogP contribution in [0.3, 0.4) is 0 Å². The number of thioether (sulfide) groups is 1. The molecule has 0 aliphatic rings. The van der Waals surface area contributed by atoms with Gasteiger partial charge in [0.25, 0.3) is 5.91 Å². The number of aryl methyl sites for hydroxylation is 3. The number of esters is 1. The SMILES string of the molecule is Cc1ccc(CSCC(=O)OCC(=O)Nc2c(C)cc(C)cc2Cl)cc1. The smallest absolute Gasteiger partial charge is 0.316 e. The van der Waals surface area contributed by atoms with E-state index in [1.165, 1.54) is 17.3 Å². The molecule has 0 atom stereocenters. The molecule has 2 aromatic carbocycles. The average Bonchev–Trinajstić information content (AvgIpc) is 2.58. The van der Waals surface area contributed by atoms with Crippen molar-refractivity contribution in [3.8, 4) is 0 Å².